The van der Waals surface area contributed by atoms with Gasteiger partial charge in [0.1, 0.15) is 5.60 Å². The van der Waals surface area contributed by atoms with E-state index < -0.39 is 41.4 Å². The molecule has 0 radical (unpaired) electrons. The Balaban J connectivity index is 1.33. The van der Waals surface area contributed by atoms with Crippen molar-refractivity contribution >= 4 is 5.78 Å². The molecule has 5 atom stereocenters. The van der Waals surface area contributed by atoms with Crippen LogP contribution in [0.5, 0.6) is 0 Å². The van der Waals surface area contributed by atoms with Gasteiger partial charge in [0, 0.05) is 49.2 Å². The number of aliphatic hydroxyl groups is 1. The van der Waals surface area contributed by atoms with Gasteiger partial charge in [0.2, 0.25) is 0 Å². The first-order chi connectivity index (χ1) is 20.7. The number of alkyl halides is 5. The van der Waals surface area contributed by atoms with Gasteiger partial charge < -0.3 is 10.0 Å². The first-order valence-corrected chi connectivity index (χ1v) is 15.6. The molecular weight excluding hydrogens is 575 g/mol. The number of hydrogen-bond donors (Lipinski definition) is 1. The lowest BCUT2D eigenvalue weighted by atomic mass is 9.50. The van der Waals surface area contributed by atoms with E-state index in [2.05, 4.69) is 9.88 Å². The maximum absolute atomic E-state index is 15.2. The summed E-state index contributed by atoms with van der Waals surface area (Å²) in [5.74, 6) is -6.34. The first kappa shape index (κ1) is 31.1. The van der Waals surface area contributed by atoms with E-state index in [0.717, 1.165) is 46.5 Å². The number of benzene rings is 1. The molecule has 236 valence electrons. The minimum atomic E-state index is -5.86. The fourth-order valence-corrected chi connectivity index (χ4v) is 8.81. The largest absolute Gasteiger partial charge is 0.456 e. The van der Waals surface area contributed by atoms with E-state index in [1.165, 1.54) is 6.92 Å². The maximum atomic E-state index is 15.2. The smallest absolute Gasteiger partial charge is 0.383 e. The van der Waals surface area contributed by atoms with Crippen LogP contribution in [0.15, 0.2) is 71.5 Å². The molecule has 4 aliphatic rings. The van der Waals surface area contributed by atoms with Crippen LogP contribution in [0, 0.1) is 17.3 Å². The molecule has 0 aliphatic heterocycles. The summed E-state index contributed by atoms with van der Waals surface area (Å²) in [5, 5.41) is 11.5. The molecule has 1 aromatic heterocycles. The lowest BCUT2D eigenvalue weighted by Gasteiger charge is -2.56. The summed E-state index contributed by atoms with van der Waals surface area (Å²) in [6, 6.07) is 13.7. The zero-order valence-corrected chi connectivity index (χ0v) is 25.1. The Morgan fingerprint density at radius 3 is 2.45 bits per heavy atom. The molecule has 1 aromatic carbocycles. The summed E-state index contributed by atoms with van der Waals surface area (Å²) >= 11 is 0. The molecular formula is C35H39F5N2O2. The number of carbonyl (C=O) groups excluding carboxylic acids is 1. The van der Waals surface area contributed by atoms with Gasteiger partial charge in [-0.2, -0.15) is 22.0 Å². The van der Waals surface area contributed by atoms with Gasteiger partial charge in [0.05, 0.1) is 0 Å². The number of hydrogen-bond acceptors (Lipinski definition) is 4. The molecule has 2 aromatic rings. The van der Waals surface area contributed by atoms with Gasteiger partial charge >= 0.3 is 12.1 Å². The van der Waals surface area contributed by atoms with Crippen LogP contribution >= 0.6 is 0 Å². The third-order valence-corrected chi connectivity index (χ3v) is 11.1. The van der Waals surface area contributed by atoms with Crippen LogP contribution in [0.25, 0.3) is 0 Å². The van der Waals surface area contributed by atoms with Crippen LogP contribution < -0.4 is 0 Å². The topological polar surface area (TPSA) is 53.4 Å². The van der Waals surface area contributed by atoms with Crippen LogP contribution in [-0.4, -0.2) is 52.1 Å². The van der Waals surface area contributed by atoms with Crippen molar-refractivity contribution in [2.75, 3.05) is 13.6 Å². The number of allylic oxidation sites excluding steroid dienone is 4. The van der Waals surface area contributed by atoms with Gasteiger partial charge in [-0.05, 0) is 97.9 Å². The molecule has 0 amide bonds. The number of nitrogens with zero attached hydrogens (tertiary/aromatic N) is 2. The molecule has 0 spiro atoms. The van der Waals surface area contributed by atoms with Crippen molar-refractivity contribution in [2.24, 2.45) is 17.3 Å². The molecule has 44 heavy (non-hydrogen) atoms. The maximum Gasteiger partial charge on any atom is 0.456 e. The van der Waals surface area contributed by atoms with Crippen molar-refractivity contribution in [1.29, 1.82) is 0 Å². The Morgan fingerprint density at radius 2 is 1.77 bits per heavy atom. The van der Waals surface area contributed by atoms with E-state index in [9.17, 15) is 23.1 Å². The number of likely N-dealkylation sites (N-methyl/N-ethyl adjacent to an activating group) is 1. The Morgan fingerprint density at radius 1 is 1.02 bits per heavy atom. The molecule has 1 heterocycles. The number of ketones is 1. The van der Waals surface area contributed by atoms with E-state index >= 15 is 8.78 Å². The second kappa shape index (κ2) is 11.2. The third-order valence-electron chi connectivity index (χ3n) is 11.1. The van der Waals surface area contributed by atoms with Gasteiger partial charge in [-0.15, -0.1) is 0 Å². The fraction of sp³-hybridized carbons (Fsp3) is 0.543. The van der Waals surface area contributed by atoms with Crippen molar-refractivity contribution in [3.8, 4) is 0 Å². The SMILES string of the molecule is CN(CCc1ccccn1)Cc1ccc([C@H]2C[C@@]3(C)[C@@H](CC[C@]3(O)C(F)(F)C(F)(F)F)[C@@H]3CCC4=CC(=O)CCC4=C32)cc1. The number of halogens is 5. The summed E-state index contributed by atoms with van der Waals surface area (Å²) < 4.78 is 71.8. The standard InChI is InChI=1S/C35H39F5N2O2/c1-32-20-29(23-8-6-22(7-9-23)21-42(2)18-15-25-5-3-4-17-41-25)31-27-13-11-26(43)19-24(27)10-12-28(31)30(32)14-16-33(32,44)34(36,37)35(38,39)40/h3-9,17,19,28-30,44H,10-16,18,20-21H2,1-2H3/t28-,29+,30-,32-,33+/m0/s1. The van der Waals surface area contributed by atoms with Crippen LogP contribution in [0.2, 0.25) is 0 Å². The van der Waals surface area contributed by atoms with E-state index in [1.807, 2.05) is 49.5 Å². The van der Waals surface area contributed by atoms with Crippen LogP contribution in [0.4, 0.5) is 22.0 Å². The highest BCUT2D eigenvalue weighted by atomic mass is 19.4. The molecule has 0 bridgehead atoms. The van der Waals surface area contributed by atoms with Gasteiger partial charge in [0.25, 0.3) is 0 Å². The minimum Gasteiger partial charge on any atom is -0.383 e. The van der Waals surface area contributed by atoms with Crippen LogP contribution in [-0.2, 0) is 17.8 Å². The number of carbonyl (C=O) groups is 1. The molecule has 0 unspecified atom stereocenters. The van der Waals surface area contributed by atoms with Gasteiger partial charge in [-0.3, -0.25) is 9.78 Å². The lowest BCUT2D eigenvalue weighted by Crippen LogP contribution is -2.65. The number of rotatable bonds is 7. The number of pyridine rings is 1. The third kappa shape index (κ3) is 5.04. The summed E-state index contributed by atoms with van der Waals surface area (Å²) in [4.78, 5) is 18.8. The normalized spacial score (nSPS) is 30.6. The summed E-state index contributed by atoms with van der Waals surface area (Å²) in [5.41, 5.74) is 1.19. The summed E-state index contributed by atoms with van der Waals surface area (Å²) in [6.07, 6.45) is -0.0130. The predicted molar refractivity (Wildman–Crippen MR) is 157 cm³/mol. The quantitative estimate of drug-likeness (QED) is 0.327. The zero-order chi connectivity index (χ0) is 31.5. The molecule has 9 heteroatoms. The highest BCUT2D eigenvalue weighted by molar-refractivity contribution is 5.93. The number of fused-ring (bicyclic) bond motifs is 4. The molecule has 2 fully saturated rings. The van der Waals surface area contributed by atoms with Crippen molar-refractivity contribution in [3.05, 3.63) is 88.3 Å². The van der Waals surface area contributed by atoms with E-state index in [1.54, 1.807) is 12.3 Å². The Hall–Kier alpha value is -2.91. The molecule has 1 N–H and O–H groups in total. The average molecular weight is 615 g/mol. The fourth-order valence-electron chi connectivity index (χ4n) is 8.81. The van der Waals surface area contributed by atoms with Gasteiger partial charge in [0.15, 0.2) is 5.78 Å². The highest BCUT2D eigenvalue weighted by Crippen LogP contribution is 2.70. The van der Waals surface area contributed by atoms with E-state index in [-0.39, 0.29) is 24.5 Å². The number of aromatic nitrogens is 1. The van der Waals surface area contributed by atoms with Crippen LogP contribution in [0.3, 0.4) is 0 Å². The van der Waals surface area contributed by atoms with Gasteiger partial charge in [-0.1, -0.05) is 42.8 Å². The Bertz CT molecular complexity index is 1470. The lowest BCUT2D eigenvalue weighted by molar-refractivity contribution is -0.362. The molecule has 6 rings (SSSR count). The molecule has 4 nitrogen and oxygen atoms in total. The molecule has 0 saturated heterocycles. The zero-order valence-electron chi connectivity index (χ0n) is 25.1. The van der Waals surface area contributed by atoms with Crippen LogP contribution in [0.1, 0.15) is 74.6 Å². The van der Waals surface area contributed by atoms with E-state index in [4.69, 9.17) is 0 Å². The van der Waals surface area contributed by atoms with Crippen molar-refractivity contribution in [3.63, 3.8) is 0 Å². The average Bonchev–Trinajstić information content (AvgIpc) is 3.27. The van der Waals surface area contributed by atoms with Gasteiger partial charge in [-0.25, -0.2) is 0 Å². The Kier molecular flexibility index (Phi) is 7.88. The minimum absolute atomic E-state index is 0.0142. The first-order valence-electron chi connectivity index (χ1n) is 15.6. The Labute approximate surface area is 255 Å². The van der Waals surface area contributed by atoms with E-state index in [0.29, 0.717) is 32.2 Å². The van der Waals surface area contributed by atoms with Crippen molar-refractivity contribution in [2.45, 2.75) is 88.5 Å². The summed E-state index contributed by atoms with van der Waals surface area (Å²) in [6.45, 7) is 2.94. The second-order valence-corrected chi connectivity index (χ2v) is 13.5. The molecule has 4 aliphatic carbocycles. The van der Waals surface area contributed by atoms with Crippen molar-refractivity contribution in [1.82, 2.24) is 9.88 Å². The van der Waals surface area contributed by atoms with Crippen molar-refractivity contribution < 1.29 is 31.9 Å². The predicted octanol–water partition coefficient (Wildman–Crippen LogP) is 7.58. The monoisotopic (exact) mass is 614 g/mol. The molecule has 2 saturated carbocycles. The summed E-state index contributed by atoms with van der Waals surface area (Å²) in [7, 11) is 2.03. The second-order valence-electron chi connectivity index (χ2n) is 13.5. The highest BCUT2D eigenvalue weighted by Gasteiger charge is 2.79.